The summed E-state index contributed by atoms with van der Waals surface area (Å²) in [6.45, 7) is 0.507. The van der Waals surface area contributed by atoms with Gasteiger partial charge < -0.3 is 19.5 Å². The fourth-order valence-electron chi connectivity index (χ4n) is 3.81. The molecule has 4 rings (SSSR count). The van der Waals surface area contributed by atoms with E-state index in [0.717, 1.165) is 16.5 Å². The van der Waals surface area contributed by atoms with Gasteiger partial charge in [0.15, 0.2) is 0 Å². The smallest absolute Gasteiger partial charge is 0.239 e. The molecule has 1 aliphatic heterocycles. The average Bonchev–Trinajstić information content (AvgIpc) is 3.41. The Hall–Kier alpha value is -3.61. The van der Waals surface area contributed by atoms with Gasteiger partial charge in [-0.1, -0.05) is 36.4 Å². The number of fused-ring (bicyclic) bond motifs is 1. The van der Waals surface area contributed by atoms with Crippen LogP contribution in [0.2, 0.25) is 0 Å². The van der Waals surface area contributed by atoms with Crippen molar-refractivity contribution in [2.24, 2.45) is 5.92 Å². The molecule has 3 amide bonds. The molecule has 2 aromatic carbocycles. The van der Waals surface area contributed by atoms with Gasteiger partial charge in [-0.25, -0.2) is 0 Å². The van der Waals surface area contributed by atoms with Crippen molar-refractivity contribution in [3.63, 3.8) is 0 Å². The van der Waals surface area contributed by atoms with E-state index in [1.807, 2.05) is 42.5 Å². The van der Waals surface area contributed by atoms with Crippen molar-refractivity contribution in [3.8, 4) is 0 Å². The molecule has 3 aromatic rings. The maximum Gasteiger partial charge on any atom is 0.239 e. The number of amides is 3. The number of furan rings is 1. The Morgan fingerprint density at radius 1 is 1.13 bits per heavy atom. The van der Waals surface area contributed by atoms with Crippen molar-refractivity contribution in [2.75, 3.05) is 25.0 Å². The monoisotopic (exact) mass is 405 g/mol. The summed E-state index contributed by atoms with van der Waals surface area (Å²) in [6, 6.07) is 17.2. The number of hydrogen-bond donors (Lipinski definition) is 1. The Kier molecular flexibility index (Phi) is 5.52. The number of anilines is 1. The van der Waals surface area contributed by atoms with Crippen LogP contribution in [0.15, 0.2) is 65.3 Å². The molecule has 1 saturated heterocycles. The van der Waals surface area contributed by atoms with Crippen LogP contribution < -0.4 is 10.2 Å². The zero-order chi connectivity index (χ0) is 21.1. The van der Waals surface area contributed by atoms with Gasteiger partial charge in [0.25, 0.3) is 0 Å². The molecule has 1 N–H and O–H groups in total. The van der Waals surface area contributed by atoms with Gasteiger partial charge in [-0.2, -0.15) is 0 Å². The molecule has 1 aliphatic rings. The molecule has 154 valence electrons. The summed E-state index contributed by atoms with van der Waals surface area (Å²) in [6.07, 6.45) is 1.68. The van der Waals surface area contributed by atoms with Crippen LogP contribution in [0, 0.1) is 5.92 Å². The summed E-state index contributed by atoms with van der Waals surface area (Å²) < 4.78 is 5.18. The number of benzene rings is 2. The minimum Gasteiger partial charge on any atom is -0.467 e. The van der Waals surface area contributed by atoms with E-state index in [-0.39, 0.29) is 37.2 Å². The number of carbonyl (C=O) groups excluding carboxylic acids is 3. The highest BCUT2D eigenvalue weighted by Crippen LogP contribution is 2.32. The number of nitrogens with one attached hydrogen (secondary N) is 1. The number of nitrogens with zero attached hydrogens (tertiary/aromatic N) is 2. The number of carbonyl (C=O) groups is 3. The summed E-state index contributed by atoms with van der Waals surface area (Å²) >= 11 is 0. The van der Waals surface area contributed by atoms with Crippen LogP contribution in [-0.2, 0) is 20.9 Å². The van der Waals surface area contributed by atoms with Crippen molar-refractivity contribution in [3.05, 3.63) is 66.6 Å². The number of hydrogen-bond acceptors (Lipinski definition) is 4. The summed E-state index contributed by atoms with van der Waals surface area (Å²) in [7, 11) is 1.58. The van der Waals surface area contributed by atoms with Crippen LogP contribution in [0.1, 0.15) is 12.2 Å². The summed E-state index contributed by atoms with van der Waals surface area (Å²) in [5.74, 6) is -0.402. The predicted molar refractivity (Wildman–Crippen MR) is 113 cm³/mol. The maximum atomic E-state index is 12.8. The number of rotatable bonds is 6. The summed E-state index contributed by atoms with van der Waals surface area (Å²) in [4.78, 5) is 40.7. The lowest BCUT2D eigenvalue weighted by Gasteiger charge is -2.22. The zero-order valence-corrected chi connectivity index (χ0v) is 16.7. The third kappa shape index (κ3) is 4.05. The van der Waals surface area contributed by atoms with Crippen LogP contribution in [0.3, 0.4) is 0 Å². The van der Waals surface area contributed by atoms with E-state index in [1.165, 1.54) is 11.2 Å². The van der Waals surface area contributed by atoms with Gasteiger partial charge in [-0.15, -0.1) is 0 Å². The molecule has 0 radical (unpaired) electrons. The molecule has 0 bridgehead atoms. The van der Waals surface area contributed by atoms with Crippen molar-refractivity contribution < 1.29 is 18.8 Å². The standard InChI is InChI=1S/C23H23N3O4/c1-25(15-21(27)24-13-18-8-5-11-30-18)23(29)17-12-22(28)26(14-17)20-10-4-7-16-6-2-3-9-19(16)20/h2-11,17H,12-15H2,1H3,(H,24,27)/t17-/m1/s1. The SMILES string of the molecule is CN(CC(=O)NCc1ccco1)C(=O)[C@@H]1CC(=O)N(c2cccc3ccccc23)C1. The molecule has 1 aromatic heterocycles. The van der Waals surface area contributed by atoms with Crippen molar-refractivity contribution >= 4 is 34.2 Å². The van der Waals surface area contributed by atoms with E-state index in [2.05, 4.69) is 5.32 Å². The highest BCUT2D eigenvalue weighted by atomic mass is 16.3. The molecular formula is C23H23N3O4. The third-order valence-electron chi connectivity index (χ3n) is 5.33. The first-order valence-corrected chi connectivity index (χ1v) is 9.85. The second-order valence-corrected chi connectivity index (χ2v) is 7.45. The van der Waals surface area contributed by atoms with Crippen molar-refractivity contribution in [1.82, 2.24) is 10.2 Å². The van der Waals surface area contributed by atoms with Crippen molar-refractivity contribution in [1.29, 1.82) is 0 Å². The minimum absolute atomic E-state index is 0.0709. The molecule has 0 spiro atoms. The first-order chi connectivity index (χ1) is 14.5. The molecule has 2 heterocycles. The molecule has 1 fully saturated rings. The van der Waals surface area contributed by atoms with Crippen molar-refractivity contribution in [2.45, 2.75) is 13.0 Å². The van der Waals surface area contributed by atoms with E-state index in [4.69, 9.17) is 4.42 Å². The first kappa shape index (κ1) is 19.7. The quantitative estimate of drug-likeness (QED) is 0.683. The topological polar surface area (TPSA) is 82.9 Å². The molecule has 0 saturated carbocycles. The molecule has 7 heteroatoms. The summed E-state index contributed by atoms with van der Waals surface area (Å²) in [5, 5.41) is 4.74. The van der Waals surface area contributed by atoms with E-state index in [0.29, 0.717) is 12.3 Å². The molecular weight excluding hydrogens is 382 g/mol. The minimum atomic E-state index is -0.473. The lowest BCUT2D eigenvalue weighted by Crippen LogP contribution is -2.41. The van der Waals surface area contributed by atoms with Gasteiger partial charge in [-0.3, -0.25) is 14.4 Å². The molecule has 0 aliphatic carbocycles. The van der Waals surface area contributed by atoms with E-state index < -0.39 is 5.92 Å². The average molecular weight is 405 g/mol. The van der Waals surface area contributed by atoms with Gasteiger partial charge in [0, 0.05) is 25.4 Å². The maximum absolute atomic E-state index is 12.8. The molecule has 30 heavy (non-hydrogen) atoms. The Morgan fingerprint density at radius 2 is 1.93 bits per heavy atom. The van der Waals surface area contributed by atoms with E-state index in [1.54, 1.807) is 24.1 Å². The normalized spacial score (nSPS) is 16.1. The van der Waals surface area contributed by atoms with Crippen LogP contribution >= 0.6 is 0 Å². The first-order valence-electron chi connectivity index (χ1n) is 9.85. The van der Waals surface area contributed by atoms with Gasteiger partial charge in [0.2, 0.25) is 17.7 Å². The lowest BCUT2D eigenvalue weighted by molar-refractivity contribution is -0.138. The Balaban J connectivity index is 1.39. The molecule has 0 unspecified atom stereocenters. The Bertz CT molecular complexity index is 1070. The fourth-order valence-corrected chi connectivity index (χ4v) is 3.81. The Morgan fingerprint density at radius 3 is 2.73 bits per heavy atom. The van der Waals surface area contributed by atoms with Crippen LogP contribution in [0.25, 0.3) is 10.8 Å². The van der Waals surface area contributed by atoms with E-state index in [9.17, 15) is 14.4 Å². The van der Waals surface area contributed by atoms with Gasteiger partial charge >= 0.3 is 0 Å². The molecule has 7 nitrogen and oxygen atoms in total. The second-order valence-electron chi connectivity index (χ2n) is 7.45. The Labute approximate surface area is 174 Å². The molecule has 1 atom stereocenters. The highest BCUT2D eigenvalue weighted by molar-refractivity contribution is 6.07. The highest BCUT2D eigenvalue weighted by Gasteiger charge is 2.37. The van der Waals surface area contributed by atoms with Crippen LogP contribution in [0.5, 0.6) is 0 Å². The zero-order valence-electron chi connectivity index (χ0n) is 16.7. The van der Waals surface area contributed by atoms with Crippen LogP contribution in [0.4, 0.5) is 5.69 Å². The van der Waals surface area contributed by atoms with Gasteiger partial charge in [0.1, 0.15) is 5.76 Å². The van der Waals surface area contributed by atoms with Crippen LogP contribution in [-0.4, -0.2) is 42.8 Å². The summed E-state index contributed by atoms with van der Waals surface area (Å²) in [5.41, 5.74) is 0.812. The largest absolute Gasteiger partial charge is 0.467 e. The number of likely N-dealkylation sites (N-methyl/N-ethyl adjacent to an activating group) is 1. The lowest BCUT2D eigenvalue weighted by atomic mass is 10.1. The third-order valence-corrected chi connectivity index (χ3v) is 5.33. The van der Waals surface area contributed by atoms with Gasteiger partial charge in [-0.05, 0) is 23.6 Å². The fraction of sp³-hybridized carbons (Fsp3) is 0.261. The predicted octanol–water partition coefficient (Wildman–Crippen LogP) is 2.56. The van der Waals surface area contributed by atoms with E-state index >= 15 is 0 Å². The second kappa shape index (κ2) is 8.41. The van der Waals surface area contributed by atoms with Gasteiger partial charge in [0.05, 0.1) is 31.0 Å².